The van der Waals surface area contributed by atoms with Crippen molar-refractivity contribution < 1.29 is 8.42 Å². The molecule has 0 aliphatic carbocycles. The van der Waals surface area contributed by atoms with Gasteiger partial charge in [0.25, 0.3) is 0 Å². The Labute approximate surface area is 125 Å². The van der Waals surface area contributed by atoms with Gasteiger partial charge in [-0.25, -0.2) is 13.4 Å². The number of aromatic nitrogens is 2. The van der Waals surface area contributed by atoms with Crippen molar-refractivity contribution in [3.8, 4) is 0 Å². The van der Waals surface area contributed by atoms with Gasteiger partial charge >= 0.3 is 0 Å². The second-order valence-corrected chi connectivity index (χ2v) is 8.37. The number of hydrogen-bond acceptors (Lipinski definition) is 4. The summed E-state index contributed by atoms with van der Waals surface area (Å²) >= 11 is 0. The van der Waals surface area contributed by atoms with E-state index in [1.165, 1.54) is 11.8 Å². The minimum absolute atomic E-state index is 0.256. The van der Waals surface area contributed by atoms with Crippen molar-refractivity contribution in [3.05, 3.63) is 29.6 Å². The lowest BCUT2D eigenvalue weighted by atomic mass is 10.2. The van der Waals surface area contributed by atoms with Crippen molar-refractivity contribution in [1.29, 1.82) is 0 Å². The van der Waals surface area contributed by atoms with E-state index in [-0.39, 0.29) is 5.92 Å². The maximum Gasteiger partial charge on any atom is 0.147 e. The molecule has 1 N–H and O–H groups in total. The molecule has 6 heteroatoms. The number of hydrogen-bond donors (Lipinski definition) is 1. The summed E-state index contributed by atoms with van der Waals surface area (Å²) in [7, 11) is -2.88. The Kier molecular flexibility index (Phi) is 3.75. The average molecular weight is 307 g/mol. The van der Waals surface area contributed by atoms with Crippen molar-refractivity contribution >= 4 is 20.9 Å². The summed E-state index contributed by atoms with van der Waals surface area (Å²) in [6.07, 6.45) is 2.27. The number of H-pyrrole nitrogens is 1. The van der Waals surface area contributed by atoms with Gasteiger partial charge in [0, 0.05) is 12.8 Å². The van der Waals surface area contributed by atoms with Crippen molar-refractivity contribution in [3.63, 3.8) is 0 Å². The van der Waals surface area contributed by atoms with Crippen LogP contribution in [-0.4, -0.2) is 48.4 Å². The molecule has 1 saturated heterocycles. The maximum absolute atomic E-state index is 11.4. The lowest BCUT2D eigenvalue weighted by Crippen LogP contribution is -2.23. The van der Waals surface area contributed by atoms with Gasteiger partial charge < -0.3 is 4.98 Å². The molecule has 21 heavy (non-hydrogen) atoms. The monoisotopic (exact) mass is 307 g/mol. The molecule has 1 atom stereocenters. The molecule has 2 aromatic rings. The van der Waals surface area contributed by atoms with Crippen LogP contribution in [0.3, 0.4) is 0 Å². The smallest absolute Gasteiger partial charge is 0.147 e. The molecule has 0 amide bonds. The fourth-order valence-electron chi connectivity index (χ4n) is 3.08. The first-order valence-corrected chi connectivity index (χ1v) is 9.30. The van der Waals surface area contributed by atoms with Crippen molar-refractivity contribution in [1.82, 2.24) is 14.9 Å². The molecule has 0 bridgehead atoms. The Hall–Kier alpha value is -1.40. The highest BCUT2D eigenvalue weighted by molar-refractivity contribution is 7.90. The zero-order valence-corrected chi connectivity index (χ0v) is 13.3. The highest BCUT2D eigenvalue weighted by Crippen LogP contribution is 2.20. The number of rotatable bonds is 4. The molecular formula is C15H21N3O2S. The normalized spacial score (nSPS) is 20.4. The number of nitrogens with zero attached hydrogens (tertiary/aromatic N) is 2. The molecule has 1 fully saturated rings. The van der Waals surface area contributed by atoms with Crippen LogP contribution in [0.25, 0.3) is 11.0 Å². The van der Waals surface area contributed by atoms with E-state index in [9.17, 15) is 8.42 Å². The van der Waals surface area contributed by atoms with Crippen LogP contribution in [0.15, 0.2) is 18.2 Å². The second kappa shape index (κ2) is 5.42. The van der Waals surface area contributed by atoms with Gasteiger partial charge in [0.15, 0.2) is 0 Å². The molecule has 1 aliphatic heterocycles. The zero-order chi connectivity index (χ0) is 15.0. The Morgan fingerprint density at radius 3 is 3.00 bits per heavy atom. The molecule has 1 unspecified atom stereocenters. The van der Waals surface area contributed by atoms with Crippen LogP contribution in [0.4, 0.5) is 0 Å². The summed E-state index contributed by atoms with van der Waals surface area (Å²) in [6.45, 7) is 4.60. The van der Waals surface area contributed by atoms with Crippen molar-refractivity contribution in [2.45, 2.75) is 19.9 Å². The van der Waals surface area contributed by atoms with E-state index in [0.717, 1.165) is 42.9 Å². The molecule has 3 rings (SSSR count). The first-order chi connectivity index (χ1) is 9.89. The molecule has 1 aromatic carbocycles. The fraction of sp³-hybridized carbons (Fsp3) is 0.533. The highest BCUT2D eigenvalue weighted by atomic mass is 32.2. The van der Waals surface area contributed by atoms with Gasteiger partial charge in [-0.2, -0.15) is 0 Å². The standard InChI is InChI=1S/C15H21N3O2S/c1-11-3-4-13-14(7-11)17-15(16-13)9-18-6-5-12(8-18)10-21(2,19)20/h3-4,7,12H,5-6,8-10H2,1-2H3,(H,16,17). The summed E-state index contributed by atoms with van der Waals surface area (Å²) in [4.78, 5) is 10.2. The molecule has 0 saturated carbocycles. The first-order valence-electron chi connectivity index (χ1n) is 7.24. The van der Waals surface area contributed by atoms with E-state index >= 15 is 0 Å². The van der Waals surface area contributed by atoms with Gasteiger partial charge in [0.05, 0.1) is 23.3 Å². The topological polar surface area (TPSA) is 66.1 Å². The Bertz CT molecular complexity index is 751. The summed E-state index contributed by atoms with van der Waals surface area (Å²) in [5.74, 6) is 1.50. The number of aryl methyl sites for hydroxylation is 1. The van der Waals surface area contributed by atoms with Gasteiger partial charge in [-0.3, -0.25) is 4.90 Å². The summed E-state index contributed by atoms with van der Waals surface area (Å²) in [5.41, 5.74) is 3.27. The number of imidazole rings is 1. The molecular weight excluding hydrogens is 286 g/mol. The molecule has 1 aromatic heterocycles. The lowest BCUT2D eigenvalue weighted by Gasteiger charge is -2.13. The highest BCUT2D eigenvalue weighted by Gasteiger charge is 2.26. The Morgan fingerprint density at radius 2 is 2.24 bits per heavy atom. The third-order valence-corrected chi connectivity index (χ3v) is 5.05. The van der Waals surface area contributed by atoms with E-state index in [1.54, 1.807) is 0 Å². The van der Waals surface area contributed by atoms with E-state index in [0.29, 0.717) is 5.75 Å². The van der Waals surface area contributed by atoms with Crippen molar-refractivity contribution in [2.24, 2.45) is 5.92 Å². The van der Waals surface area contributed by atoms with Crippen LogP contribution >= 0.6 is 0 Å². The fourth-order valence-corrected chi connectivity index (χ4v) is 4.21. The number of nitrogens with one attached hydrogen (secondary N) is 1. The third kappa shape index (κ3) is 3.63. The van der Waals surface area contributed by atoms with Gasteiger partial charge in [0.2, 0.25) is 0 Å². The number of likely N-dealkylation sites (tertiary alicyclic amines) is 1. The molecule has 5 nitrogen and oxygen atoms in total. The molecule has 0 spiro atoms. The van der Waals surface area contributed by atoms with E-state index in [4.69, 9.17) is 0 Å². The minimum Gasteiger partial charge on any atom is -0.341 e. The maximum atomic E-state index is 11.4. The zero-order valence-electron chi connectivity index (χ0n) is 12.5. The van der Waals surface area contributed by atoms with Gasteiger partial charge in [-0.15, -0.1) is 0 Å². The van der Waals surface area contributed by atoms with Crippen LogP contribution in [0, 0.1) is 12.8 Å². The van der Waals surface area contributed by atoms with Gasteiger partial charge in [-0.1, -0.05) is 6.07 Å². The second-order valence-electron chi connectivity index (χ2n) is 6.19. The summed E-state index contributed by atoms with van der Waals surface area (Å²) < 4.78 is 22.7. The molecule has 114 valence electrons. The predicted octanol–water partition coefficient (Wildman–Crippen LogP) is 1.74. The SMILES string of the molecule is Cc1ccc2nc(CN3CCC(CS(C)(=O)=O)C3)[nH]c2c1. The van der Waals surface area contributed by atoms with Gasteiger partial charge in [0.1, 0.15) is 15.7 Å². The van der Waals surface area contributed by atoms with Crippen LogP contribution < -0.4 is 0 Å². The molecule has 2 heterocycles. The van der Waals surface area contributed by atoms with Crippen LogP contribution in [-0.2, 0) is 16.4 Å². The van der Waals surface area contributed by atoms with E-state index < -0.39 is 9.84 Å². The summed E-state index contributed by atoms with van der Waals surface area (Å²) in [6, 6.07) is 6.19. The minimum atomic E-state index is -2.88. The lowest BCUT2D eigenvalue weighted by molar-refractivity contribution is 0.313. The Balaban J connectivity index is 1.66. The number of fused-ring (bicyclic) bond motifs is 1. The number of aromatic amines is 1. The number of benzene rings is 1. The van der Waals surface area contributed by atoms with Gasteiger partial charge in [-0.05, 0) is 43.5 Å². The third-order valence-electron chi connectivity index (χ3n) is 3.97. The van der Waals surface area contributed by atoms with Crippen molar-refractivity contribution in [2.75, 3.05) is 25.1 Å². The van der Waals surface area contributed by atoms with Crippen LogP contribution in [0.5, 0.6) is 0 Å². The average Bonchev–Trinajstić information content (AvgIpc) is 2.93. The quantitative estimate of drug-likeness (QED) is 0.934. The van der Waals surface area contributed by atoms with E-state index in [2.05, 4.69) is 33.9 Å². The van der Waals surface area contributed by atoms with Crippen LogP contribution in [0.2, 0.25) is 0 Å². The summed E-state index contributed by atoms with van der Waals surface area (Å²) in [5, 5.41) is 0. The number of sulfone groups is 1. The largest absolute Gasteiger partial charge is 0.341 e. The molecule has 0 radical (unpaired) electrons. The molecule has 1 aliphatic rings. The predicted molar refractivity (Wildman–Crippen MR) is 83.9 cm³/mol. The van der Waals surface area contributed by atoms with Crippen LogP contribution in [0.1, 0.15) is 17.8 Å². The Morgan fingerprint density at radius 1 is 1.43 bits per heavy atom. The van der Waals surface area contributed by atoms with E-state index in [1.807, 2.05) is 6.07 Å². The first kappa shape index (κ1) is 14.5.